The molecule has 5 heteroatoms. The molecule has 0 unspecified atom stereocenters. The summed E-state index contributed by atoms with van der Waals surface area (Å²) >= 11 is 0. The van der Waals surface area contributed by atoms with E-state index < -0.39 is 12.0 Å². The average molecular weight is 228 g/mol. The van der Waals surface area contributed by atoms with E-state index >= 15 is 0 Å². The number of nitrogen functional groups attached to an aromatic ring is 1. The standard InChI is InChI=1S/C11H14F2N2O/c12-11(13)5-10(6-16)15(7-11)9-3-1-8(14)2-4-9/h1-4,10,16H,5-7,14H2/t10-/m1/s1. The highest BCUT2D eigenvalue weighted by molar-refractivity contribution is 5.54. The molecule has 88 valence electrons. The summed E-state index contributed by atoms with van der Waals surface area (Å²) in [6, 6.07) is 6.21. The number of hydrogen-bond donors (Lipinski definition) is 2. The summed E-state index contributed by atoms with van der Waals surface area (Å²) in [6.45, 7) is -0.609. The first-order valence-electron chi connectivity index (χ1n) is 5.13. The third-order valence-corrected chi connectivity index (χ3v) is 2.81. The number of anilines is 2. The van der Waals surface area contributed by atoms with E-state index in [4.69, 9.17) is 10.8 Å². The Bertz CT molecular complexity index is 367. The fourth-order valence-corrected chi connectivity index (χ4v) is 2.03. The second-order valence-electron chi connectivity index (χ2n) is 4.12. The number of alkyl halides is 2. The molecule has 0 saturated carbocycles. The van der Waals surface area contributed by atoms with Gasteiger partial charge in [-0.3, -0.25) is 0 Å². The Labute approximate surface area is 92.5 Å². The van der Waals surface area contributed by atoms with Crippen molar-refractivity contribution < 1.29 is 13.9 Å². The third kappa shape index (κ3) is 2.09. The summed E-state index contributed by atoms with van der Waals surface area (Å²) in [4.78, 5) is 1.53. The molecular weight excluding hydrogens is 214 g/mol. The number of aliphatic hydroxyl groups excluding tert-OH is 1. The van der Waals surface area contributed by atoms with E-state index in [1.807, 2.05) is 0 Å². The molecule has 16 heavy (non-hydrogen) atoms. The lowest BCUT2D eigenvalue weighted by Gasteiger charge is -2.24. The van der Waals surface area contributed by atoms with E-state index in [0.29, 0.717) is 11.4 Å². The number of nitrogens with zero attached hydrogens (tertiary/aromatic N) is 1. The molecule has 1 aliphatic heterocycles. The van der Waals surface area contributed by atoms with Crippen LogP contribution in [-0.2, 0) is 0 Å². The highest BCUT2D eigenvalue weighted by atomic mass is 19.3. The molecule has 1 aromatic carbocycles. The monoisotopic (exact) mass is 228 g/mol. The number of aliphatic hydroxyl groups is 1. The van der Waals surface area contributed by atoms with Crippen molar-refractivity contribution in [3.63, 3.8) is 0 Å². The minimum absolute atomic E-state index is 0.264. The number of hydrogen-bond acceptors (Lipinski definition) is 3. The van der Waals surface area contributed by atoms with Gasteiger partial charge in [0, 0.05) is 17.8 Å². The lowest BCUT2D eigenvalue weighted by atomic mass is 10.2. The Hall–Kier alpha value is -1.36. The zero-order valence-corrected chi connectivity index (χ0v) is 8.74. The Morgan fingerprint density at radius 2 is 2.00 bits per heavy atom. The van der Waals surface area contributed by atoms with Crippen LogP contribution in [0.15, 0.2) is 24.3 Å². The van der Waals surface area contributed by atoms with Gasteiger partial charge in [0.25, 0.3) is 5.92 Å². The molecule has 0 amide bonds. The van der Waals surface area contributed by atoms with Gasteiger partial charge in [0.2, 0.25) is 0 Å². The molecule has 0 aliphatic carbocycles. The van der Waals surface area contributed by atoms with Crippen molar-refractivity contribution in [2.45, 2.75) is 18.4 Å². The predicted octanol–water partition coefficient (Wildman–Crippen LogP) is 1.48. The molecule has 1 saturated heterocycles. The molecular formula is C11H14F2N2O. The molecule has 0 radical (unpaired) electrons. The second kappa shape index (κ2) is 3.90. The summed E-state index contributed by atoms with van der Waals surface area (Å²) < 4.78 is 26.4. The molecule has 0 bridgehead atoms. The minimum atomic E-state index is -2.73. The fraction of sp³-hybridized carbons (Fsp3) is 0.455. The van der Waals surface area contributed by atoms with Crippen molar-refractivity contribution in [1.29, 1.82) is 0 Å². The Balaban J connectivity index is 2.23. The number of nitrogens with two attached hydrogens (primary N) is 1. The van der Waals surface area contributed by atoms with E-state index in [1.54, 1.807) is 24.3 Å². The summed E-state index contributed by atoms with van der Waals surface area (Å²) in [6.07, 6.45) is -0.298. The van der Waals surface area contributed by atoms with Gasteiger partial charge < -0.3 is 15.7 Å². The van der Waals surface area contributed by atoms with Crippen LogP contribution in [0.3, 0.4) is 0 Å². The third-order valence-electron chi connectivity index (χ3n) is 2.81. The van der Waals surface area contributed by atoms with Crippen LogP contribution >= 0.6 is 0 Å². The zero-order valence-electron chi connectivity index (χ0n) is 8.74. The zero-order chi connectivity index (χ0) is 11.8. The van der Waals surface area contributed by atoms with Crippen molar-refractivity contribution in [3.05, 3.63) is 24.3 Å². The van der Waals surface area contributed by atoms with Gasteiger partial charge in [-0.1, -0.05) is 0 Å². The average Bonchev–Trinajstić information content (AvgIpc) is 2.55. The van der Waals surface area contributed by atoms with Crippen molar-refractivity contribution in [1.82, 2.24) is 0 Å². The first-order valence-corrected chi connectivity index (χ1v) is 5.13. The van der Waals surface area contributed by atoms with Gasteiger partial charge in [-0.2, -0.15) is 0 Å². The Morgan fingerprint density at radius 3 is 2.56 bits per heavy atom. The van der Waals surface area contributed by atoms with Crippen molar-refractivity contribution >= 4 is 11.4 Å². The number of benzene rings is 1. The van der Waals surface area contributed by atoms with Crippen molar-refractivity contribution in [2.75, 3.05) is 23.8 Å². The number of halogens is 2. The maximum absolute atomic E-state index is 13.2. The van der Waals surface area contributed by atoms with E-state index in [-0.39, 0.29) is 19.6 Å². The van der Waals surface area contributed by atoms with Gasteiger partial charge in [-0.15, -0.1) is 0 Å². The molecule has 1 fully saturated rings. The lowest BCUT2D eigenvalue weighted by Crippen LogP contribution is -2.32. The van der Waals surface area contributed by atoms with Gasteiger partial charge in [-0.25, -0.2) is 8.78 Å². The maximum atomic E-state index is 13.2. The highest BCUT2D eigenvalue weighted by Crippen LogP contribution is 2.35. The molecule has 1 aliphatic rings. The van der Waals surface area contributed by atoms with Crippen molar-refractivity contribution in [2.24, 2.45) is 0 Å². The van der Waals surface area contributed by atoms with Crippen LogP contribution in [0.4, 0.5) is 20.2 Å². The first-order chi connectivity index (χ1) is 7.52. The van der Waals surface area contributed by atoms with Crippen LogP contribution in [-0.4, -0.2) is 30.2 Å². The van der Waals surface area contributed by atoms with E-state index in [9.17, 15) is 8.78 Å². The van der Waals surface area contributed by atoms with Crippen LogP contribution in [0.1, 0.15) is 6.42 Å². The quantitative estimate of drug-likeness (QED) is 0.754. The molecule has 1 heterocycles. The van der Waals surface area contributed by atoms with Crippen LogP contribution in [0.5, 0.6) is 0 Å². The topological polar surface area (TPSA) is 49.5 Å². The Morgan fingerprint density at radius 1 is 1.38 bits per heavy atom. The Kier molecular flexibility index (Phi) is 2.71. The molecule has 3 nitrogen and oxygen atoms in total. The number of rotatable bonds is 2. The molecule has 1 atom stereocenters. The summed E-state index contributed by atoms with van der Waals surface area (Å²) in [5, 5.41) is 9.08. The van der Waals surface area contributed by atoms with Gasteiger partial charge in [0.15, 0.2) is 0 Å². The first kappa shape index (κ1) is 11.1. The summed E-state index contributed by atoms with van der Waals surface area (Å²) in [7, 11) is 0. The summed E-state index contributed by atoms with van der Waals surface area (Å²) in [5.74, 6) is -2.73. The normalized spacial score (nSPS) is 23.7. The highest BCUT2D eigenvalue weighted by Gasteiger charge is 2.44. The fourth-order valence-electron chi connectivity index (χ4n) is 2.03. The molecule has 0 spiro atoms. The SMILES string of the molecule is Nc1ccc(N2CC(F)(F)C[C@@H]2CO)cc1. The van der Waals surface area contributed by atoms with E-state index in [2.05, 4.69) is 0 Å². The molecule has 3 N–H and O–H groups in total. The van der Waals surface area contributed by atoms with Gasteiger partial charge >= 0.3 is 0 Å². The van der Waals surface area contributed by atoms with Gasteiger partial charge in [0.1, 0.15) is 0 Å². The van der Waals surface area contributed by atoms with Crippen LogP contribution < -0.4 is 10.6 Å². The second-order valence-corrected chi connectivity index (χ2v) is 4.12. The minimum Gasteiger partial charge on any atom is -0.399 e. The summed E-state index contributed by atoms with van der Waals surface area (Å²) in [5.41, 5.74) is 6.79. The predicted molar refractivity (Wildman–Crippen MR) is 58.6 cm³/mol. The van der Waals surface area contributed by atoms with Crippen LogP contribution in [0, 0.1) is 0 Å². The van der Waals surface area contributed by atoms with Crippen molar-refractivity contribution in [3.8, 4) is 0 Å². The van der Waals surface area contributed by atoms with Crippen LogP contribution in [0.2, 0.25) is 0 Å². The molecule has 2 rings (SSSR count). The lowest BCUT2D eigenvalue weighted by molar-refractivity contribution is 0.0201. The largest absolute Gasteiger partial charge is 0.399 e. The smallest absolute Gasteiger partial charge is 0.267 e. The van der Waals surface area contributed by atoms with E-state index in [1.165, 1.54) is 4.90 Å². The van der Waals surface area contributed by atoms with Crippen LogP contribution in [0.25, 0.3) is 0 Å². The van der Waals surface area contributed by atoms with Gasteiger partial charge in [0.05, 0.1) is 19.2 Å². The molecule has 0 aromatic heterocycles. The molecule has 1 aromatic rings. The maximum Gasteiger partial charge on any atom is 0.267 e. The van der Waals surface area contributed by atoms with Gasteiger partial charge in [-0.05, 0) is 24.3 Å². The van der Waals surface area contributed by atoms with E-state index in [0.717, 1.165) is 0 Å².